The number of pyridine rings is 1. The first kappa shape index (κ1) is 32.0. The van der Waals surface area contributed by atoms with Crippen LogP contribution in [0.4, 0.5) is 0 Å². The average molecular weight is 583 g/mol. The van der Waals surface area contributed by atoms with Gasteiger partial charge in [-0.1, -0.05) is 66.7 Å². The number of benzene rings is 2. The molecular formula is C27H27Cl3N3O2V-3. The van der Waals surface area contributed by atoms with Crippen LogP contribution in [0.2, 0.25) is 0 Å². The van der Waals surface area contributed by atoms with Gasteiger partial charge in [-0.2, -0.15) is 0 Å². The maximum absolute atomic E-state index is 5.97. The van der Waals surface area contributed by atoms with Gasteiger partial charge in [-0.3, -0.25) is 0 Å². The van der Waals surface area contributed by atoms with E-state index in [9.17, 15) is 0 Å². The maximum atomic E-state index is 5.97. The molecule has 0 bridgehead atoms. The van der Waals surface area contributed by atoms with Crippen LogP contribution in [0.1, 0.15) is 36.4 Å². The second kappa shape index (κ2) is 13.5. The summed E-state index contributed by atoms with van der Waals surface area (Å²) in [6, 6.07) is 26.6. The molecule has 3 aromatic rings. The molecule has 0 fully saturated rings. The monoisotopic (exact) mass is 581 g/mol. The molecule has 0 saturated heterocycles. The van der Waals surface area contributed by atoms with Gasteiger partial charge in [-0.15, -0.1) is 0 Å². The first-order valence-corrected chi connectivity index (χ1v) is 11.0. The van der Waals surface area contributed by atoms with Crippen LogP contribution in [0.15, 0.2) is 88.8 Å². The van der Waals surface area contributed by atoms with Crippen LogP contribution in [0, 0.1) is 0 Å². The minimum Gasteiger partial charge on any atom is -1.00 e. The van der Waals surface area contributed by atoms with Crippen molar-refractivity contribution in [2.24, 2.45) is 9.98 Å². The van der Waals surface area contributed by atoms with Gasteiger partial charge in [0, 0.05) is 31.4 Å². The van der Waals surface area contributed by atoms with E-state index < -0.39 is 0 Å². The molecule has 2 aliphatic rings. The summed E-state index contributed by atoms with van der Waals surface area (Å²) < 4.78 is 11.9. The second-order valence-electron chi connectivity index (χ2n) is 9.14. The van der Waals surface area contributed by atoms with Crippen LogP contribution in [0.5, 0.6) is 0 Å². The number of aliphatic imine (C=N–C) groups is 2. The summed E-state index contributed by atoms with van der Waals surface area (Å²) in [6.07, 6.45) is 1.65. The van der Waals surface area contributed by atoms with E-state index in [-0.39, 0.29) is 66.9 Å². The van der Waals surface area contributed by atoms with Gasteiger partial charge in [0.05, 0.1) is 11.1 Å². The van der Waals surface area contributed by atoms with Crippen LogP contribution in [0.25, 0.3) is 0 Å². The molecule has 191 valence electrons. The normalized spacial score (nSPS) is 21.7. The fraction of sp³-hybridized carbons (Fsp3) is 0.296. The number of hydrogen-bond acceptors (Lipinski definition) is 5. The van der Waals surface area contributed by atoms with Gasteiger partial charge >= 0.3 is 0 Å². The molecule has 2 unspecified atom stereocenters. The van der Waals surface area contributed by atoms with Crippen molar-refractivity contribution in [3.8, 4) is 0 Å². The zero-order valence-corrected chi connectivity index (χ0v) is 23.7. The molecule has 2 aliphatic heterocycles. The molecule has 2 aromatic carbocycles. The number of halogens is 3. The fourth-order valence-electron chi connectivity index (χ4n) is 4.25. The molecule has 2 atom stereocenters. The third-order valence-corrected chi connectivity index (χ3v) is 5.83. The molecule has 5 nitrogen and oxygen atoms in total. The zero-order valence-electron chi connectivity index (χ0n) is 20.1. The topological polar surface area (TPSA) is 56.1 Å². The largest absolute Gasteiger partial charge is 1.00 e. The fourth-order valence-corrected chi connectivity index (χ4v) is 4.25. The Labute approximate surface area is 243 Å². The van der Waals surface area contributed by atoms with E-state index in [0.717, 1.165) is 12.8 Å². The van der Waals surface area contributed by atoms with Gasteiger partial charge in [-0.25, -0.2) is 15.0 Å². The molecular weight excluding hydrogens is 556 g/mol. The summed E-state index contributed by atoms with van der Waals surface area (Å²) in [6.45, 7) is 5.32. The number of hydrogen-bond donors (Lipinski definition) is 0. The van der Waals surface area contributed by atoms with Gasteiger partial charge in [0.1, 0.15) is 24.6 Å². The molecule has 0 saturated carbocycles. The Morgan fingerprint density at radius 2 is 1.00 bits per heavy atom. The van der Waals surface area contributed by atoms with Gasteiger partial charge < -0.3 is 46.7 Å². The summed E-state index contributed by atoms with van der Waals surface area (Å²) in [5.74, 6) is 1.16. The molecule has 1 aromatic heterocycles. The Morgan fingerprint density at radius 3 is 1.39 bits per heavy atom. The average Bonchev–Trinajstić information content (AvgIpc) is 3.38. The molecule has 1 radical (unpaired) electrons. The Morgan fingerprint density at radius 1 is 0.611 bits per heavy atom. The van der Waals surface area contributed by atoms with E-state index in [1.807, 2.05) is 30.3 Å². The first-order chi connectivity index (χ1) is 15.5. The molecule has 0 spiro atoms. The third-order valence-electron chi connectivity index (χ3n) is 5.83. The van der Waals surface area contributed by atoms with E-state index >= 15 is 0 Å². The van der Waals surface area contributed by atoms with Crippen LogP contribution in [0.3, 0.4) is 0 Å². The van der Waals surface area contributed by atoms with Crippen molar-refractivity contribution in [3.63, 3.8) is 0 Å². The summed E-state index contributed by atoms with van der Waals surface area (Å²) in [7, 11) is 0. The molecule has 0 aliphatic carbocycles. The molecule has 0 N–H and O–H groups in total. The van der Waals surface area contributed by atoms with Crippen molar-refractivity contribution in [2.75, 3.05) is 13.2 Å². The third kappa shape index (κ3) is 7.50. The van der Waals surface area contributed by atoms with Crippen LogP contribution < -0.4 is 37.2 Å². The Balaban J connectivity index is 0.00000162. The van der Waals surface area contributed by atoms with Crippen molar-refractivity contribution >= 4 is 11.8 Å². The zero-order chi connectivity index (χ0) is 22.0. The van der Waals surface area contributed by atoms with Crippen LogP contribution >= 0.6 is 0 Å². The van der Waals surface area contributed by atoms with Crippen LogP contribution in [-0.2, 0) is 40.9 Å². The maximum Gasteiger partial charge on any atom is 0.236 e. The van der Waals surface area contributed by atoms with Crippen molar-refractivity contribution in [1.82, 2.24) is 4.98 Å². The predicted molar refractivity (Wildman–Crippen MR) is 126 cm³/mol. The Kier molecular flexibility index (Phi) is 12.0. The Hall–Kier alpha value is -2.02. The summed E-state index contributed by atoms with van der Waals surface area (Å²) >= 11 is 0. The quantitative estimate of drug-likeness (QED) is 0.296. The van der Waals surface area contributed by atoms with Crippen molar-refractivity contribution < 1.29 is 65.3 Å². The molecule has 36 heavy (non-hydrogen) atoms. The second-order valence-corrected chi connectivity index (χ2v) is 9.14. The van der Waals surface area contributed by atoms with Gasteiger partial charge in [0.2, 0.25) is 11.8 Å². The summed E-state index contributed by atoms with van der Waals surface area (Å²) in [5.41, 5.74) is 3.31. The smallest absolute Gasteiger partial charge is 0.236 e. The Bertz CT molecular complexity index is 1090. The number of nitrogens with zero attached hydrogens (tertiary/aromatic N) is 3. The van der Waals surface area contributed by atoms with E-state index in [1.54, 1.807) is 0 Å². The van der Waals surface area contributed by atoms with Gasteiger partial charge in [0.25, 0.3) is 0 Å². The van der Waals surface area contributed by atoms with Crippen LogP contribution in [-0.4, -0.2) is 41.1 Å². The van der Waals surface area contributed by atoms with Gasteiger partial charge in [0.15, 0.2) is 0 Å². The minimum absolute atomic E-state index is 0. The van der Waals surface area contributed by atoms with Crippen molar-refractivity contribution in [3.05, 3.63) is 101 Å². The van der Waals surface area contributed by atoms with E-state index in [1.165, 1.54) is 11.1 Å². The van der Waals surface area contributed by atoms with E-state index in [0.29, 0.717) is 36.4 Å². The molecule has 5 rings (SSSR count). The van der Waals surface area contributed by atoms with Crippen molar-refractivity contribution in [2.45, 2.75) is 37.8 Å². The van der Waals surface area contributed by atoms with Gasteiger partial charge in [-0.05, 0) is 37.1 Å². The molecule has 9 heteroatoms. The minimum atomic E-state index is -0.302. The van der Waals surface area contributed by atoms with Crippen molar-refractivity contribution in [1.29, 1.82) is 0 Å². The summed E-state index contributed by atoms with van der Waals surface area (Å²) in [5, 5.41) is 0. The predicted octanol–water partition coefficient (Wildman–Crippen LogP) is -4.35. The molecule has 3 heterocycles. The summed E-state index contributed by atoms with van der Waals surface area (Å²) in [4.78, 5) is 14.5. The number of rotatable bonds is 6. The number of ether oxygens (including phenoxy) is 2. The first-order valence-electron chi connectivity index (χ1n) is 11.0. The molecule has 0 amide bonds. The van der Waals surface area contributed by atoms with E-state index in [4.69, 9.17) is 24.4 Å². The van der Waals surface area contributed by atoms with E-state index in [2.05, 4.69) is 62.4 Å². The number of aromatic nitrogens is 1. The standard InChI is InChI=1S/C27H27N3O2.3ClH.V/c1-26(16-20-10-5-3-6-11-20)18-31-24(29-26)22-14-9-15-23(28-22)25-30-27(2,19-32-25)17-21-12-7-4-8-13-21;;;;/h3-15H,16-19H2,1-2H3;3*1H;/p-3. The SMILES string of the molecule is CC1(Cc2ccccc2)COC(c2cccc(C3=NC(C)(Cc4ccccc4)CO3)n2)=N1.[Cl-].[Cl-].[Cl-].[V].